The normalized spacial score (nSPS) is 11.3. The zero-order valence-corrected chi connectivity index (χ0v) is 14.3. The molecule has 0 saturated carbocycles. The number of benzene rings is 2. The summed E-state index contributed by atoms with van der Waals surface area (Å²) in [4.78, 5) is 11.1. The van der Waals surface area contributed by atoms with Crippen LogP contribution in [0.2, 0.25) is 15.1 Å². The van der Waals surface area contributed by atoms with Crippen LogP contribution in [-0.4, -0.2) is 14.2 Å². The standard InChI is InChI=1S/C14H10Cl3NO3S/c1-8(19)10-6-5-9(7-13(10)17)18-22(20,21)14-11(15)3-2-4-12(14)16/h2-7,18H,1H3. The first-order chi connectivity index (χ1) is 10.2. The van der Waals surface area contributed by atoms with Crippen LogP contribution in [0.4, 0.5) is 5.69 Å². The number of sulfonamides is 1. The molecule has 0 amide bonds. The summed E-state index contributed by atoms with van der Waals surface area (Å²) >= 11 is 17.8. The molecule has 0 fully saturated rings. The summed E-state index contributed by atoms with van der Waals surface area (Å²) in [6.07, 6.45) is 0. The van der Waals surface area contributed by atoms with Gasteiger partial charge in [-0.3, -0.25) is 9.52 Å². The summed E-state index contributed by atoms with van der Waals surface area (Å²) in [5, 5.41) is 0.163. The van der Waals surface area contributed by atoms with Crippen molar-refractivity contribution in [2.24, 2.45) is 0 Å². The van der Waals surface area contributed by atoms with Gasteiger partial charge in [-0.2, -0.15) is 0 Å². The van der Waals surface area contributed by atoms with Crippen LogP contribution in [-0.2, 0) is 10.0 Å². The van der Waals surface area contributed by atoms with E-state index >= 15 is 0 Å². The van der Waals surface area contributed by atoms with Gasteiger partial charge in [0, 0.05) is 5.56 Å². The van der Waals surface area contributed by atoms with E-state index in [1.165, 1.54) is 37.3 Å². The van der Waals surface area contributed by atoms with Gasteiger partial charge in [0.1, 0.15) is 4.90 Å². The smallest absolute Gasteiger partial charge is 0.264 e. The highest BCUT2D eigenvalue weighted by molar-refractivity contribution is 7.93. The van der Waals surface area contributed by atoms with Crippen molar-refractivity contribution < 1.29 is 13.2 Å². The average molecular weight is 379 g/mol. The predicted molar refractivity (Wildman–Crippen MR) is 88.7 cm³/mol. The summed E-state index contributed by atoms with van der Waals surface area (Å²) in [7, 11) is -3.98. The molecule has 2 aromatic carbocycles. The number of hydrogen-bond donors (Lipinski definition) is 1. The summed E-state index contributed by atoms with van der Waals surface area (Å²) in [6, 6.07) is 8.62. The third-order valence-electron chi connectivity index (χ3n) is 2.79. The summed E-state index contributed by atoms with van der Waals surface area (Å²) in [5.74, 6) is -0.214. The SMILES string of the molecule is CC(=O)c1ccc(NS(=O)(=O)c2c(Cl)cccc2Cl)cc1Cl. The Morgan fingerprint density at radius 3 is 2.09 bits per heavy atom. The van der Waals surface area contributed by atoms with Crippen LogP contribution in [0.1, 0.15) is 17.3 Å². The van der Waals surface area contributed by atoms with Crippen LogP contribution < -0.4 is 4.72 Å². The highest BCUT2D eigenvalue weighted by atomic mass is 35.5. The topological polar surface area (TPSA) is 63.2 Å². The van der Waals surface area contributed by atoms with Crippen molar-refractivity contribution in [2.75, 3.05) is 4.72 Å². The van der Waals surface area contributed by atoms with Crippen LogP contribution in [0.3, 0.4) is 0 Å². The molecule has 0 atom stereocenters. The van der Waals surface area contributed by atoms with E-state index in [1.54, 1.807) is 6.07 Å². The molecule has 0 spiro atoms. The Hall–Kier alpha value is -1.27. The maximum absolute atomic E-state index is 12.4. The fourth-order valence-corrected chi connectivity index (χ4v) is 4.32. The largest absolute Gasteiger partial charge is 0.294 e. The Kier molecular flexibility index (Phi) is 5.02. The lowest BCUT2D eigenvalue weighted by Crippen LogP contribution is -2.14. The number of carbonyl (C=O) groups is 1. The van der Waals surface area contributed by atoms with Gasteiger partial charge in [-0.15, -0.1) is 0 Å². The van der Waals surface area contributed by atoms with Crippen molar-refractivity contribution in [1.82, 2.24) is 0 Å². The van der Waals surface area contributed by atoms with E-state index in [9.17, 15) is 13.2 Å². The molecule has 4 nitrogen and oxygen atoms in total. The summed E-state index contributed by atoms with van der Waals surface area (Å²) in [6.45, 7) is 1.37. The van der Waals surface area contributed by atoms with Crippen LogP contribution >= 0.6 is 34.8 Å². The second kappa shape index (κ2) is 6.46. The van der Waals surface area contributed by atoms with Gasteiger partial charge < -0.3 is 0 Å². The second-order valence-electron chi connectivity index (χ2n) is 4.41. The Labute approximate surface area is 143 Å². The lowest BCUT2D eigenvalue weighted by molar-refractivity contribution is 0.101. The third-order valence-corrected chi connectivity index (χ3v) is 5.44. The zero-order valence-electron chi connectivity index (χ0n) is 11.2. The number of carbonyl (C=O) groups excluding carboxylic acids is 1. The van der Waals surface area contributed by atoms with Gasteiger partial charge in [-0.05, 0) is 37.3 Å². The molecule has 0 aliphatic heterocycles. The van der Waals surface area contributed by atoms with Gasteiger partial charge in [0.15, 0.2) is 5.78 Å². The van der Waals surface area contributed by atoms with E-state index in [-0.39, 0.29) is 31.4 Å². The van der Waals surface area contributed by atoms with Gasteiger partial charge in [0.2, 0.25) is 0 Å². The zero-order chi connectivity index (χ0) is 16.5. The maximum atomic E-state index is 12.4. The van der Waals surface area contributed by atoms with E-state index in [0.717, 1.165) is 0 Å². The van der Waals surface area contributed by atoms with E-state index in [1.807, 2.05) is 0 Å². The Bertz CT molecular complexity index is 830. The number of ketones is 1. The first kappa shape index (κ1) is 17.1. The number of halogens is 3. The molecule has 0 heterocycles. The predicted octanol–water partition coefficient (Wildman–Crippen LogP) is 4.65. The lowest BCUT2D eigenvalue weighted by atomic mass is 10.1. The van der Waals surface area contributed by atoms with Crippen molar-refractivity contribution in [2.45, 2.75) is 11.8 Å². The molecule has 0 bridgehead atoms. The number of hydrogen-bond acceptors (Lipinski definition) is 3. The van der Waals surface area contributed by atoms with E-state index < -0.39 is 10.0 Å². The van der Waals surface area contributed by atoms with Crippen molar-refractivity contribution >= 4 is 56.3 Å². The molecule has 2 rings (SSSR count). The summed E-state index contributed by atoms with van der Waals surface area (Å²) in [5.41, 5.74) is 0.506. The quantitative estimate of drug-likeness (QED) is 0.788. The Balaban J connectivity index is 2.42. The molecule has 0 aliphatic carbocycles. The van der Waals surface area contributed by atoms with E-state index in [0.29, 0.717) is 5.56 Å². The molecule has 0 unspecified atom stereocenters. The van der Waals surface area contributed by atoms with Gasteiger partial charge >= 0.3 is 0 Å². The maximum Gasteiger partial charge on any atom is 0.264 e. The number of anilines is 1. The van der Waals surface area contributed by atoms with E-state index in [2.05, 4.69) is 4.72 Å². The lowest BCUT2D eigenvalue weighted by Gasteiger charge is -2.12. The number of nitrogens with one attached hydrogen (secondary N) is 1. The van der Waals surface area contributed by atoms with E-state index in [4.69, 9.17) is 34.8 Å². The number of Topliss-reactive ketones (excluding diaryl/α,β-unsaturated/α-hetero) is 1. The van der Waals surface area contributed by atoms with Crippen LogP contribution in [0.5, 0.6) is 0 Å². The van der Waals surface area contributed by atoms with Gasteiger partial charge in [0.05, 0.1) is 20.8 Å². The van der Waals surface area contributed by atoms with Crippen LogP contribution in [0, 0.1) is 0 Å². The molecule has 0 saturated heterocycles. The number of rotatable bonds is 4. The molecule has 1 N–H and O–H groups in total. The Morgan fingerprint density at radius 1 is 1.00 bits per heavy atom. The molecule has 2 aromatic rings. The van der Waals surface area contributed by atoms with Crippen molar-refractivity contribution in [3.05, 3.63) is 57.0 Å². The molecule has 0 aromatic heterocycles. The molecular weight excluding hydrogens is 369 g/mol. The van der Waals surface area contributed by atoms with Crippen molar-refractivity contribution in [3.63, 3.8) is 0 Å². The van der Waals surface area contributed by atoms with Gasteiger partial charge in [-0.1, -0.05) is 40.9 Å². The third kappa shape index (κ3) is 3.55. The highest BCUT2D eigenvalue weighted by Gasteiger charge is 2.22. The minimum Gasteiger partial charge on any atom is -0.294 e. The van der Waals surface area contributed by atoms with Gasteiger partial charge in [-0.25, -0.2) is 8.42 Å². The van der Waals surface area contributed by atoms with Crippen molar-refractivity contribution in [3.8, 4) is 0 Å². The molecule has 22 heavy (non-hydrogen) atoms. The highest BCUT2D eigenvalue weighted by Crippen LogP contribution is 2.31. The molecule has 116 valence electrons. The first-order valence-corrected chi connectivity index (χ1v) is 8.61. The minimum absolute atomic E-state index is 0.00598. The Morgan fingerprint density at radius 2 is 1.59 bits per heavy atom. The minimum atomic E-state index is -3.98. The molecular formula is C14H10Cl3NO3S. The average Bonchev–Trinajstić information content (AvgIpc) is 2.36. The van der Waals surface area contributed by atoms with Crippen LogP contribution in [0.25, 0.3) is 0 Å². The molecule has 0 radical (unpaired) electrons. The van der Waals surface area contributed by atoms with Gasteiger partial charge in [0.25, 0.3) is 10.0 Å². The fraction of sp³-hybridized carbons (Fsp3) is 0.0714. The van der Waals surface area contributed by atoms with Crippen LogP contribution in [0.15, 0.2) is 41.3 Å². The molecule has 8 heteroatoms. The first-order valence-electron chi connectivity index (χ1n) is 5.99. The second-order valence-corrected chi connectivity index (χ2v) is 7.25. The molecule has 0 aliphatic rings. The fourth-order valence-electron chi connectivity index (χ4n) is 1.81. The van der Waals surface area contributed by atoms with Crippen molar-refractivity contribution in [1.29, 1.82) is 0 Å². The summed E-state index contributed by atoms with van der Waals surface area (Å²) < 4.78 is 27.1. The monoisotopic (exact) mass is 377 g/mol.